The second-order valence-electron chi connectivity index (χ2n) is 5.50. The van der Waals surface area contributed by atoms with Gasteiger partial charge < -0.3 is 10.6 Å². The van der Waals surface area contributed by atoms with Crippen LogP contribution in [0.1, 0.15) is 30.2 Å². The fourth-order valence-corrected chi connectivity index (χ4v) is 4.07. The minimum atomic E-state index is 0. The van der Waals surface area contributed by atoms with Crippen LogP contribution in [-0.2, 0) is 0 Å². The first kappa shape index (κ1) is 21.1. The van der Waals surface area contributed by atoms with Crippen molar-refractivity contribution in [2.45, 2.75) is 25.3 Å². The lowest BCUT2D eigenvalue weighted by atomic mass is 10.2. The topological polar surface area (TPSA) is 39.7 Å². The van der Waals surface area contributed by atoms with Crippen LogP contribution in [0, 0.1) is 0 Å². The van der Waals surface area contributed by atoms with E-state index in [1.54, 1.807) is 0 Å². The number of hydrogen-bond acceptors (Lipinski definition) is 4. The van der Waals surface area contributed by atoms with Crippen molar-refractivity contribution in [3.63, 3.8) is 0 Å². The third-order valence-corrected chi connectivity index (χ3v) is 5.63. The van der Waals surface area contributed by atoms with Gasteiger partial charge >= 0.3 is 0 Å². The van der Waals surface area contributed by atoms with Crippen LogP contribution in [-0.4, -0.2) is 56.1 Å². The van der Waals surface area contributed by atoms with E-state index in [1.807, 2.05) is 30.1 Å². The molecule has 0 bridgehead atoms. The zero-order valence-corrected chi connectivity index (χ0v) is 18.0. The molecular weight excluding hydrogens is 439 g/mol. The molecule has 0 radical (unpaired) electrons. The van der Waals surface area contributed by atoms with E-state index in [2.05, 4.69) is 44.3 Å². The molecular formula is C16H29IN4S2. The molecule has 1 aromatic heterocycles. The molecule has 4 nitrogen and oxygen atoms in total. The van der Waals surface area contributed by atoms with Gasteiger partial charge in [0.1, 0.15) is 0 Å². The second-order valence-corrected chi connectivity index (χ2v) is 7.47. The van der Waals surface area contributed by atoms with E-state index in [0.717, 1.165) is 19.0 Å². The zero-order chi connectivity index (χ0) is 15.6. The summed E-state index contributed by atoms with van der Waals surface area (Å²) < 4.78 is 0. The lowest BCUT2D eigenvalue weighted by Crippen LogP contribution is -2.42. The predicted molar refractivity (Wildman–Crippen MR) is 116 cm³/mol. The summed E-state index contributed by atoms with van der Waals surface area (Å²) in [5, 5.41) is 9.09. The van der Waals surface area contributed by atoms with Crippen molar-refractivity contribution < 1.29 is 0 Å². The number of likely N-dealkylation sites (tertiary alicyclic amines) is 1. The van der Waals surface area contributed by atoms with Crippen LogP contribution >= 0.6 is 47.1 Å². The fourth-order valence-electron chi connectivity index (χ4n) is 2.78. The first-order valence-electron chi connectivity index (χ1n) is 8.06. The van der Waals surface area contributed by atoms with Crippen molar-refractivity contribution in [3.8, 4) is 0 Å². The molecule has 0 aliphatic carbocycles. The number of halogens is 1. The largest absolute Gasteiger partial charge is 0.356 e. The van der Waals surface area contributed by atoms with Gasteiger partial charge in [0.2, 0.25) is 0 Å². The minimum Gasteiger partial charge on any atom is -0.356 e. The van der Waals surface area contributed by atoms with Gasteiger partial charge in [-0.05, 0) is 55.8 Å². The van der Waals surface area contributed by atoms with Crippen molar-refractivity contribution in [1.29, 1.82) is 0 Å². The van der Waals surface area contributed by atoms with Crippen molar-refractivity contribution in [1.82, 2.24) is 15.5 Å². The number of guanidine groups is 1. The molecule has 23 heavy (non-hydrogen) atoms. The van der Waals surface area contributed by atoms with Crippen LogP contribution < -0.4 is 10.6 Å². The van der Waals surface area contributed by atoms with Crippen molar-refractivity contribution in [2.24, 2.45) is 4.99 Å². The maximum absolute atomic E-state index is 4.34. The van der Waals surface area contributed by atoms with Gasteiger partial charge in [0, 0.05) is 25.0 Å². The van der Waals surface area contributed by atoms with E-state index in [4.69, 9.17) is 0 Å². The first-order valence-corrected chi connectivity index (χ1v) is 10.3. The molecule has 0 amide bonds. The Labute approximate surface area is 165 Å². The molecule has 1 fully saturated rings. The van der Waals surface area contributed by atoms with Crippen molar-refractivity contribution >= 4 is 53.0 Å². The van der Waals surface area contributed by atoms with Crippen LogP contribution in [0.3, 0.4) is 0 Å². The molecule has 1 atom stereocenters. The van der Waals surface area contributed by atoms with E-state index in [0.29, 0.717) is 6.04 Å². The van der Waals surface area contributed by atoms with Crippen LogP contribution in [0.25, 0.3) is 0 Å². The second kappa shape index (κ2) is 12.4. The van der Waals surface area contributed by atoms with E-state index in [9.17, 15) is 0 Å². The zero-order valence-electron chi connectivity index (χ0n) is 14.1. The molecule has 0 spiro atoms. The molecule has 2 rings (SSSR count). The Hall–Kier alpha value is 0.01000. The Bertz CT molecular complexity index is 433. The molecule has 0 aromatic carbocycles. The number of aliphatic imine (C=N–C) groups is 1. The fraction of sp³-hybridized carbons (Fsp3) is 0.688. The third kappa shape index (κ3) is 7.19. The van der Waals surface area contributed by atoms with E-state index >= 15 is 0 Å². The average Bonchev–Trinajstić information content (AvgIpc) is 3.23. The average molecular weight is 468 g/mol. The SMILES string of the molecule is CN=C(NCCCSC)NCC(c1cccs1)N1CCCC1.I. The first-order chi connectivity index (χ1) is 10.8. The molecule has 2 heterocycles. The summed E-state index contributed by atoms with van der Waals surface area (Å²) in [6.45, 7) is 4.32. The summed E-state index contributed by atoms with van der Waals surface area (Å²) in [7, 11) is 1.85. The van der Waals surface area contributed by atoms with Crippen LogP contribution in [0.4, 0.5) is 0 Å². The number of nitrogens with zero attached hydrogens (tertiary/aromatic N) is 2. The Morgan fingerprint density at radius 2 is 2.17 bits per heavy atom. The summed E-state index contributed by atoms with van der Waals surface area (Å²) in [5.41, 5.74) is 0. The third-order valence-electron chi connectivity index (χ3n) is 3.96. The van der Waals surface area contributed by atoms with Gasteiger partial charge in [0.25, 0.3) is 0 Å². The van der Waals surface area contributed by atoms with E-state index in [1.165, 1.54) is 43.0 Å². The van der Waals surface area contributed by atoms with Gasteiger partial charge in [-0.1, -0.05) is 6.07 Å². The highest BCUT2D eigenvalue weighted by Gasteiger charge is 2.24. The number of thioether (sulfide) groups is 1. The molecule has 7 heteroatoms. The van der Waals surface area contributed by atoms with Crippen molar-refractivity contribution in [3.05, 3.63) is 22.4 Å². The van der Waals surface area contributed by atoms with E-state index < -0.39 is 0 Å². The molecule has 1 aliphatic heterocycles. The number of rotatable bonds is 8. The van der Waals surface area contributed by atoms with Gasteiger partial charge in [-0.15, -0.1) is 35.3 Å². The molecule has 2 N–H and O–H groups in total. The summed E-state index contributed by atoms with van der Waals surface area (Å²) >= 11 is 3.75. The lowest BCUT2D eigenvalue weighted by Gasteiger charge is -2.27. The Morgan fingerprint density at radius 1 is 1.39 bits per heavy atom. The molecule has 0 saturated carbocycles. The number of nitrogens with one attached hydrogen (secondary N) is 2. The van der Waals surface area contributed by atoms with Crippen molar-refractivity contribution in [2.75, 3.05) is 45.2 Å². The smallest absolute Gasteiger partial charge is 0.191 e. The monoisotopic (exact) mass is 468 g/mol. The maximum atomic E-state index is 4.34. The maximum Gasteiger partial charge on any atom is 0.191 e. The van der Waals surface area contributed by atoms with Crippen LogP contribution in [0.5, 0.6) is 0 Å². The molecule has 1 aliphatic rings. The molecule has 1 saturated heterocycles. The summed E-state index contributed by atoms with van der Waals surface area (Å²) in [5.74, 6) is 2.11. The highest BCUT2D eigenvalue weighted by Crippen LogP contribution is 2.27. The summed E-state index contributed by atoms with van der Waals surface area (Å²) in [6.07, 6.45) is 5.96. The Kier molecular flexibility index (Phi) is 11.3. The molecule has 1 unspecified atom stereocenters. The Balaban J connectivity index is 0.00000264. The van der Waals surface area contributed by atoms with Crippen LogP contribution in [0.15, 0.2) is 22.5 Å². The van der Waals surface area contributed by atoms with Gasteiger partial charge in [-0.25, -0.2) is 0 Å². The summed E-state index contributed by atoms with van der Waals surface area (Å²) in [4.78, 5) is 8.39. The predicted octanol–water partition coefficient (Wildman–Crippen LogP) is 3.42. The van der Waals surface area contributed by atoms with Gasteiger partial charge in [-0.2, -0.15) is 11.8 Å². The minimum absolute atomic E-state index is 0. The number of thiophene rings is 1. The van der Waals surface area contributed by atoms with E-state index in [-0.39, 0.29) is 24.0 Å². The molecule has 1 aromatic rings. The molecule has 132 valence electrons. The highest BCUT2D eigenvalue weighted by atomic mass is 127. The highest BCUT2D eigenvalue weighted by molar-refractivity contribution is 14.0. The summed E-state index contributed by atoms with van der Waals surface area (Å²) in [6, 6.07) is 4.87. The normalized spacial score (nSPS) is 16.9. The lowest BCUT2D eigenvalue weighted by molar-refractivity contribution is 0.249. The van der Waals surface area contributed by atoms with Gasteiger partial charge in [-0.3, -0.25) is 9.89 Å². The van der Waals surface area contributed by atoms with Crippen LogP contribution in [0.2, 0.25) is 0 Å². The standard InChI is InChI=1S/C16H28N4S2.HI/c1-17-16(18-8-6-11-21-2)19-13-14(15-7-5-12-22-15)20-9-3-4-10-20;/h5,7,12,14H,3-4,6,8-11,13H2,1-2H3,(H2,17,18,19);1H. The Morgan fingerprint density at radius 3 is 2.78 bits per heavy atom. The number of hydrogen-bond donors (Lipinski definition) is 2. The quantitative estimate of drug-likeness (QED) is 0.266. The van der Waals surface area contributed by atoms with Gasteiger partial charge in [0.05, 0.1) is 6.04 Å². The van der Waals surface area contributed by atoms with Gasteiger partial charge in [0.15, 0.2) is 5.96 Å².